The van der Waals surface area contributed by atoms with Gasteiger partial charge in [0.1, 0.15) is 11.6 Å². The fourth-order valence-electron chi connectivity index (χ4n) is 2.69. The fourth-order valence-corrected chi connectivity index (χ4v) is 2.69. The van der Waals surface area contributed by atoms with E-state index in [4.69, 9.17) is 0 Å². The van der Waals surface area contributed by atoms with E-state index in [-0.39, 0.29) is 17.5 Å². The van der Waals surface area contributed by atoms with Gasteiger partial charge in [0.15, 0.2) is 0 Å². The molecule has 1 aliphatic heterocycles. The van der Waals surface area contributed by atoms with Crippen LogP contribution in [0.1, 0.15) is 37.0 Å². The van der Waals surface area contributed by atoms with Gasteiger partial charge in [-0.3, -0.25) is 4.79 Å². The van der Waals surface area contributed by atoms with Crippen LogP contribution < -0.4 is 5.32 Å². The van der Waals surface area contributed by atoms with Gasteiger partial charge in [0.25, 0.3) is 5.91 Å². The number of benzene rings is 1. The number of hydrogen-bond acceptors (Lipinski definition) is 2. The molecule has 1 N–H and O–H groups in total. The molecule has 1 aromatic carbocycles. The van der Waals surface area contributed by atoms with Gasteiger partial charge in [0, 0.05) is 25.2 Å². The van der Waals surface area contributed by atoms with Crippen molar-refractivity contribution in [3.05, 3.63) is 35.4 Å². The maximum Gasteiger partial charge on any atom is 0.256 e. The van der Waals surface area contributed by atoms with Crippen LogP contribution in [0.2, 0.25) is 0 Å². The molecule has 1 fully saturated rings. The van der Waals surface area contributed by atoms with Gasteiger partial charge >= 0.3 is 0 Å². The molecule has 0 bridgehead atoms. The molecule has 1 amide bonds. The summed E-state index contributed by atoms with van der Waals surface area (Å²) in [6.07, 6.45) is 2.12. The molecule has 1 atom stereocenters. The Morgan fingerprint density at radius 3 is 2.76 bits per heavy atom. The lowest BCUT2D eigenvalue weighted by Gasteiger charge is -2.27. The van der Waals surface area contributed by atoms with Crippen LogP contribution in [0.3, 0.4) is 0 Å². The highest BCUT2D eigenvalue weighted by molar-refractivity contribution is 5.94. The van der Waals surface area contributed by atoms with E-state index in [1.165, 1.54) is 6.07 Å². The highest BCUT2D eigenvalue weighted by Crippen LogP contribution is 2.16. The van der Waals surface area contributed by atoms with E-state index < -0.39 is 11.6 Å². The third-order valence-electron chi connectivity index (χ3n) is 3.64. The summed E-state index contributed by atoms with van der Waals surface area (Å²) < 4.78 is 26.8. The van der Waals surface area contributed by atoms with Gasteiger partial charge in [-0.15, -0.1) is 0 Å². The van der Waals surface area contributed by atoms with Crippen molar-refractivity contribution in [3.63, 3.8) is 0 Å². The average Bonchev–Trinajstić information content (AvgIpc) is 2.89. The van der Waals surface area contributed by atoms with E-state index in [0.29, 0.717) is 19.0 Å². The zero-order chi connectivity index (χ0) is 15.4. The van der Waals surface area contributed by atoms with Crippen molar-refractivity contribution >= 4 is 5.91 Å². The Hall–Kier alpha value is -1.49. The first-order valence-corrected chi connectivity index (χ1v) is 7.45. The van der Waals surface area contributed by atoms with Gasteiger partial charge in [-0.05, 0) is 37.4 Å². The molecule has 1 heterocycles. The van der Waals surface area contributed by atoms with Crippen LogP contribution in [-0.4, -0.2) is 36.5 Å². The topological polar surface area (TPSA) is 32.3 Å². The van der Waals surface area contributed by atoms with Gasteiger partial charge < -0.3 is 10.2 Å². The normalized spacial score (nSPS) is 18.2. The number of carbonyl (C=O) groups excluding carboxylic acids is 1. The first-order valence-electron chi connectivity index (χ1n) is 7.45. The van der Waals surface area contributed by atoms with Crippen LogP contribution >= 0.6 is 0 Å². The van der Waals surface area contributed by atoms with Crippen LogP contribution in [-0.2, 0) is 0 Å². The molecule has 5 heteroatoms. The zero-order valence-corrected chi connectivity index (χ0v) is 12.5. The molecule has 1 aliphatic rings. The van der Waals surface area contributed by atoms with E-state index in [1.54, 1.807) is 4.90 Å². The van der Waals surface area contributed by atoms with E-state index >= 15 is 0 Å². The standard InChI is InChI=1S/C16H22F2N2O/c1-11(2)9-20(10-13-4-3-7-19-13)16(21)14-6-5-12(17)8-15(14)18/h5-6,8,11,13,19H,3-4,7,9-10H2,1-2H3. The number of nitrogens with zero attached hydrogens (tertiary/aromatic N) is 1. The predicted octanol–water partition coefficient (Wildman–Crippen LogP) is 2.82. The predicted molar refractivity (Wildman–Crippen MR) is 78.1 cm³/mol. The molecule has 0 saturated carbocycles. The Morgan fingerprint density at radius 2 is 2.19 bits per heavy atom. The number of halogens is 2. The maximum absolute atomic E-state index is 13.8. The Morgan fingerprint density at radius 1 is 1.43 bits per heavy atom. The first-order chi connectivity index (χ1) is 9.97. The third kappa shape index (κ3) is 4.24. The highest BCUT2D eigenvalue weighted by Gasteiger charge is 2.24. The number of hydrogen-bond donors (Lipinski definition) is 1. The summed E-state index contributed by atoms with van der Waals surface area (Å²) in [5.74, 6) is -1.54. The minimum absolute atomic E-state index is 0.0601. The molecule has 0 aliphatic carbocycles. The van der Waals surface area contributed by atoms with E-state index in [9.17, 15) is 13.6 Å². The Kier molecular flexibility index (Phi) is 5.28. The summed E-state index contributed by atoms with van der Waals surface area (Å²) in [7, 11) is 0. The van der Waals surface area contributed by atoms with E-state index in [0.717, 1.165) is 31.5 Å². The maximum atomic E-state index is 13.8. The molecule has 2 rings (SSSR count). The molecule has 116 valence electrons. The lowest BCUT2D eigenvalue weighted by Crippen LogP contribution is -2.43. The molecule has 3 nitrogen and oxygen atoms in total. The van der Waals surface area contributed by atoms with Crippen LogP contribution in [0.15, 0.2) is 18.2 Å². The van der Waals surface area contributed by atoms with Crippen LogP contribution in [0, 0.1) is 17.6 Å². The molecule has 1 aromatic rings. The van der Waals surface area contributed by atoms with Crippen molar-refractivity contribution in [1.82, 2.24) is 10.2 Å². The van der Waals surface area contributed by atoms with Crippen molar-refractivity contribution < 1.29 is 13.6 Å². The number of rotatable bonds is 5. The summed E-state index contributed by atoms with van der Waals surface area (Å²) in [4.78, 5) is 14.2. The van der Waals surface area contributed by atoms with Gasteiger partial charge in [-0.25, -0.2) is 8.78 Å². The Bertz CT molecular complexity index is 499. The monoisotopic (exact) mass is 296 g/mol. The fraction of sp³-hybridized carbons (Fsp3) is 0.562. The highest BCUT2D eigenvalue weighted by atomic mass is 19.1. The second kappa shape index (κ2) is 6.98. The van der Waals surface area contributed by atoms with Crippen LogP contribution in [0.5, 0.6) is 0 Å². The number of carbonyl (C=O) groups is 1. The molecule has 1 saturated heterocycles. The lowest BCUT2D eigenvalue weighted by atomic mass is 10.1. The van der Waals surface area contributed by atoms with Crippen molar-refractivity contribution in [2.24, 2.45) is 5.92 Å². The van der Waals surface area contributed by atoms with Crippen LogP contribution in [0.4, 0.5) is 8.78 Å². The number of amides is 1. The van der Waals surface area contributed by atoms with Crippen molar-refractivity contribution in [3.8, 4) is 0 Å². The van der Waals surface area contributed by atoms with Gasteiger partial charge in [0.05, 0.1) is 5.56 Å². The zero-order valence-electron chi connectivity index (χ0n) is 12.5. The summed E-state index contributed by atoms with van der Waals surface area (Å²) in [6.45, 7) is 6.12. The van der Waals surface area contributed by atoms with E-state index in [2.05, 4.69) is 5.32 Å². The van der Waals surface area contributed by atoms with Gasteiger partial charge in [-0.1, -0.05) is 13.8 Å². The Labute approximate surface area is 124 Å². The molecule has 0 radical (unpaired) electrons. The third-order valence-corrected chi connectivity index (χ3v) is 3.64. The van der Waals surface area contributed by atoms with Crippen molar-refractivity contribution in [1.29, 1.82) is 0 Å². The molecular formula is C16H22F2N2O. The average molecular weight is 296 g/mol. The second-order valence-corrected chi connectivity index (χ2v) is 6.02. The minimum atomic E-state index is -0.798. The molecular weight excluding hydrogens is 274 g/mol. The minimum Gasteiger partial charge on any atom is -0.337 e. The first kappa shape index (κ1) is 15.9. The van der Waals surface area contributed by atoms with E-state index in [1.807, 2.05) is 13.8 Å². The molecule has 0 aromatic heterocycles. The summed E-state index contributed by atoms with van der Waals surface area (Å²) in [6, 6.07) is 3.37. The SMILES string of the molecule is CC(C)CN(CC1CCCN1)C(=O)c1ccc(F)cc1F. The second-order valence-electron chi connectivity index (χ2n) is 6.02. The summed E-state index contributed by atoms with van der Waals surface area (Å²) in [5, 5.41) is 3.34. The van der Waals surface area contributed by atoms with Gasteiger partial charge in [0.2, 0.25) is 0 Å². The van der Waals surface area contributed by atoms with Crippen molar-refractivity contribution in [2.75, 3.05) is 19.6 Å². The lowest BCUT2D eigenvalue weighted by molar-refractivity contribution is 0.0716. The Balaban J connectivity index is 2.15. The molecule has 1 unspecified atom stereocenters. The quantitative estimate of drug-likeness (QED) is 0.906. The molecule has 0 spiro atoms. The largest absolute Gasteiger partial charge is 0.337 e. The smallest absolute Gasteiger partial charge is 0.256 e. The van der Waals surface area contributed by atoms with Crippen molar-refractivity contribution in [2.45, 2.75) is 32.7 Å². The number of nitrogens with one attached hydrogen (secondary N) is 1. The summed E-state index contributed by atoms with van der Waals surface area (Å²) >= 11 is 0. The summed E-state index contributed by atoms with van der Waals surface area (Å²) in [5.41, 5.74) is -0.0601. The van der Waals surface area contributed by atoms with Crippen LogP contribution in [0.25, 0.3) is 0 Å². The van der Waals surface area contributed by atoms with Gasteiger partial charge in [-0.2, -0.15) is 0 Å². The molecule has 21 heavy (non-hydrogen) atoms.